The molecule has 1 atom stereocenters. The van der Waals surface area contributed by atoms with Crippen molar-refractivity contribution in [2.24, 2.45) is 0 Å². The van der Waals surface area contributed by atoms with Crippen LogP contribution in [0.1, 0.15) is 38.8 Å². The van der Waals surface area contributed by atoms with Crippen LogP contribution < -0.4 is 4.74 Å². The molecule has 0 bridgehead atoms. The summed E-state index contributed by atoms with van der Waals surface area (Å²) in [7, 11) is 0. The summed E-state index contributed by atoms with van der Waals surface area (Å²) < 4.78 is 5.80. The molecule has 0 saturated heterocycles. The standard InChI is InChI=1S/C20H24O4/c1-19(2,3)15-7-11-17(12-8-15)24-20(4,18(22)23)13-14-5-9-16(21)10-6-14/h5-12,21H,13H2,1-4H3,(H,22,23). The largest absolute Gasteiger partial charge is 0.508 e. The van der Waals surface area contributed by atoms with Crippen molar-refractivity contribution >= 4 is 5.97 Å². The molecule has 2 N–H and O–H groups in total. The number of aliphatic carboxylic acids is 1. The molecule has 0 aliphatic rings. The van der Waals surface area contributed by atoms with Crippen LogP contribution in [-0.4, -0.2) is 21.8 Å². The van der Waals surface area contributed by atoms with Gasteiger partial charge in [0.25, 0.3) is 0 Å². The van der Waals surface area contributed by atoms with E-state index in [1.807, 2.05) is 12.1 Å². The summed E-state index contributed by atoms with van der Waals surface area (Å²) >= 11 is 0. The van der Waals surface area contributed by atoms with Gasteiger partial charge in [-0.2, -0.15) is 0 Å². The third-order valence-corrected chi connectivity index (χ3v) is 3.99. The van der Waals surface area contributed by atoms with E-state index in [4.69, 9.17) is 4.74 Å². The summed E-state index contributed by atoms with van der Waals surface area (Å²) in [6.07, 6.45) is 0.198. The van der Waals surface area contributed by atoms with Gasteiger partial charge in [-0.25, -0.2) is 4.79 Å². The molecule has 24 heavy (non-hydrogen) atoms. The Morgan fingerprint density at radius 3 is 1.96 bits per heavy atom. The number of carboxylic acids is 1. The highest BCUT2D eigenvalue weighted by molar-refractivity contribution is 5.78. The van der Waals surface area contributed by atoms with Crippen molar-refractivity contribution in [2.45, 2.75) is 45.1 Å². The quantitative estimate of drug-likeness (QED) is 0.865. The number of hydrogen-bond donors (Lipinski definition) is 2. The maximum atomic E-state index is 11.7. The minimum Gasteiger partial charge on any atom is -0.508 e. The topological polar surface area (TPSA) is 66.8 Å². The molecule has 0 amide bonds. The zero-order valence-electron chi connectivity index (χ0n) is 14.5. The van der Waals surface area contributed by atoms with E-state index in [1.54, 1.807) is 31.2 Å². The Morgan fingerprint density at radius 1 is 0.958 bits per heavy atom. The van der Waals surface area contributed by atoms with Crippen LogP contribution >= 0.6 is 0 Å². The van der Waals surface area contributed by atoms with Crippen LogP contribution in [0, 0.1) is 0 Å². The van der Waals surface area contributed by atoms with Crippen molar-refractivity contribution in [1.82, 2.24) is 0 Å². The van der Waals surface area contributed by atoms with Gasteiger partial charge in [-0.05, 0) is 47.7 Å². The maximum Gasteiger partial charge on any atom is 0.348 e. The SMILES string of the molecule is CC(Cc1ccc(O)cc1)(Oc1ccc(C(C)(C)C)cc1)C(=O)O. The van der Waals surface area contributed by atoms with E-state index in [0.29, 0.717) is 5.75 Å². The molecule has 4 heteroatoms. The zero-order valence-corrected chi connectivity index (χ0v) is 14.5. The van der Waals surface area contributed by atoms with Gasteiger partial charge in [-0.1, -0.05) is 45.0 Å². The molecular formula is C20H24O4. The molecule has 0 saturated carbocycles. The normalized spacial score (nSPS) is 14.0. The highest BCUT2D eigenvalue weighted by Crippen LogP contribution is 2.27. The van der Waals surface area contributed by atoms with Crippen molar-refractivity contribution in [2.75, 3.05) is 0 Å². The third kappa shape index (κ3) is 4.28. The summed E-state index contributed by atoms with van der Waals surface area (Å²) in [5, 5.41) is 19.0. The number of carboxylic acid groups (broad SMARTS) is 1. The fraction of sp³-hybridized carbons (Fsp3) is 0.350. The summed E-state index contributed by atoms with van der Waals surface area (Å²) in [6, 6.07) is 14.0. The monoisotopic (exact) mass is 328 g/mol. The minimum atomic E-state index is -1.39. The Hall–Kier alpha value is -2.49. The molecule has 0 aromatic heterocycles. The number of carbonyl (C=O) groups is 1. The van der Waals surface area contributed by atoms with Gasteiger partial charge in [0.1, 0.15) is 11.5 Å². The van der Waals surface area contributed by atoms with Crippen molar-refractivity contribution in [3.8, 4) is 11.5 Å². The molecule has 0 aliphatic carbocycles. The number of phenolic OH excluding ortho intramolecular Hbond substituents is 1. The first-order chi connectivity index (χ1) is 11.1. The Labute approximate surface area is 142 Å². The molecule has 4 nitrogen and oxygen atoms in total. The van der Waals surface area contributed by atoms with Crippen LogP contribution in [0.4, 0.5) is 0 Å². The van der Waals surface area contributed by atoms with Crippen LogP contribution in [0.15, 0.2) is 48.5 Å². The van der Waals surface area contributed by atoms with Crippen molar-refractivity contribution in [1.29, 1.82) is 0 Å². The second-order valence-electron chi connectivity index (χ2n) is 7.26. The number of rotatable bonds is 5. The van der Waals surface area contributed by atoms with Gasteiger partial charge in [0, 0.05) is 6.42 Å². The van der Waals surface area contributed by atoms with Gasteiger partial charge in [0.2, 0.25) is 5.60 Å². The van der Waals surface area contributed by atoms with E-state index >= 15 is 0 Å². The molecular weight excluding hydrogens is 304 g/mol. The van der Waals surface area contributed by atoms with E-state index in [2.05, 4.69) is 20.8 Å². The highest BCUT2D eigenvalue weighted by Gasteiger charge is 2.36. The molecule has 0 heterocycles. The van der Waals surface area contributed by atoms with E-state index in [0.717, 1.165) is 11.1 Å². The minimum absolute atomic E-state index is 0.0284. The van der Waals surface area contributed by atoms with E-state index < -0.39 is 11.6 Å². The number of benzene rings is 2. The van der Waals surface area contributed by atoms with Crippen molar-refractivity contribution in [3.05, 3.63) is 59.7 Å². The predicted molar refractivity (Wildman–Crippen MR) is 93.6 cm³/mol. The second kappa shape index (κ2) is 6.56. The van der Waals surface area contributed by atoms with Crippen molar-refractivity contribution in [3.63, 3.8) is 0 Å². The number of hydrogen-bond acceptors (Lipinski definition) is 3. The Balaban J connectivity index is 2.21. The molecule has 2 aromatic rings. The molecule has 0 fully saturated rings. The molecule has 0 radical (unpaired) electrons. The van der Waals surface area contributed by atoms with Crippen LogP contribution in [-0.2, 0) is 16.6 Å². The first kappa shape index (κ1) is 17.9. The highest BCUT2D eigenvalue weighted by atomic mass is 16.5. The van der Waals surface area contributed by atoms with Gasteiger partial charge >= 0.3 is 5.97 Å². The molecule has 128 valence electrons. The second-order valence-corrected chi connectivity index (χ2v) is 7.26. The van der Waals surface area contributed by atoms with Gasteiger partial charge in [-0.15, -0.1) is 0 Å². The summed E-state index contributed by atoms with van der Waals surface area (Å²) in [6.45, 7) is 7.92. The fourth-order valence-electron chi connectivity index (χ4n) is 2.44. The van der Waals surface area contributed by atoms with E-state index in [1.165, 1.54) is 12.1 Å². The van der Waals surface area contributed by atoms with E-state index in [9.17, 15) is 15.0 Å². The fourth-order valence-corrected chi connectivity index (χ4v) is 2.44. The Kier molecular flexibility index (Phi) is 4.88. The molecule has 0 spiro atoms. The lowest BCUT2D eigenvalue weighted by atomic mass is 9.87. The molecule has 2 aromatic carbocycles. The lowest BCUT2D eigenvalue weighted by Crippen LogP contribution is -2.43. The number of phenols is 1. The van der Waals surface area contributed by atoms with Crippen LogP contribution in [0.2, 0.25) is 0 Å². The number of aromatic hydroxyl groups is 1. The lowest BCUT2D eigenvalue weighted by molar-refractivity contribution is -0.153. The lowest BCUT2D eigenvalue weighted by Gasteiger charge is -2.27. The first-order valence-electron chi connectivity index (χ1n) is 7.91. The van der Waals surface area contributed by atoms with Crippen LogP contribution in [0.25, 0.3) is 0 Å². The predicted octanol–water partition coefficient (Wildman–Crippen LogP) is 4.15. The van der Waals surface area contributed by atoms with Crippen LogP contribution in [0.3, 0.4) is 0 Å². The van der Waals surface area contributed by atoms with Gasteiger partial charge in [-0.3, -0.25) is 0 Å². The Morgan fingerprint density at radius 2 is 1.50 bits per heavy atom. The maximum absolute atomic E-state index is 11.7. The first-order valence-corrected chi connectivity index (χ1v) is 7.91. The van der Waals surface area contributed by atoms with Gasteiger partial charge in [0.15, 0.2) is 0 Å². The van der Waals surface area contributed by atoms with Gasteiger partial charge in [0.05, 0.1) is 0 Å². The molecule has 2 rings (SSSR count). The summed E-state index contributed by atoms with van der Waals surface area (Å²) in [5.74, 6) is -0.364. The number of ether oxygens (including phenoxy) is 1. The van der Waals surface area contributed by atoms with Crippen LogP contribution in [0.5, 0.6) is 11.5 Å². The summed E-state index contributed by atoms with van der Waals surface area (Å²) in [4.78, 5) is 11.7. The molecule has 1 unspecified atom stereocenters. The summed E-state index contributed by atoms with van der Waals surface area (Å²) in [5.41, 5.74) is 0.579. The average Bonchev–Trinajstić information content (AvgIpc) is 2.49. The third-order valence-electron chi connectivity index (χ3n) is 3.99. The van der Waals surface area contributed by atoms with Crippen molar-refractivity contribution < 1.29 is 19.7 Å². The van der Waals surface area contributed by atoms with E-state index in [-0.39, 0.29) is 17.6 Å². The molecule has 0 aliphatic heterocycles. The average molecular weight is 328 g/mol. The smallest absolute Gasteiger partial charge is 0.348 e. The Bertz CT molecular complexity index is 696. The zero-order chi connectivity index (χ0) is 18.0. The van der Waals surface area contributed by atoms with Gasteiger partial charge < -0.3 is 14.9 Å².